The van der Waals surface area contributed by atoms with Gasteiger partial charge in [0, 0.05) is 5.92 Å². The van der Waals surface area contributed by atoms with E-state index in [1.165, 1.54) is 0 Å². The van der Waals surface area contributed by atoms with Crippen LogP contribution in [0.3, 0.4) is 0 Å². The van der Waals surface area contributed by atoms with E-state index in [0.29, 0.717) is 24.7 Å². The summed E-state index contributed by atoms with van der Waals surface area (Å²) in [5.74, 6) is 0.637. The maximum atomic E-state index is 11.6. The first kappa shape index (κ1) is 11.9. The van der Waals surface area contributed by atoms with Gasteiger partial charge in [0.05, 0.1) is 6.54 Å². The molecule has 1 heterocycles. The SMILES string of the molecule is Cc1nonc1OCCNC(=O)[C@H]1CC1(C)C. The Kier molecular flexibility index (Phi) is 3.04. The van der Waals surface area contributed by atoms with Crippen LogP contribution in [0.1, 0.15) is 26.0 Å². The Bertz CT molecular complexity index is 414. The summed E-state index contributed by atoms with van der Waals surface area (Å²) in [6, 6.07) is 0. The molecule has 0 spiro atoms. The van der Waals surface area contributed by atoms with Crippen molar-refractivity contribution in [2.75, 3.05) is 13.2 Å². The Morgan fingerprint density at radius 1 is 1.59 bits per heavy atom. The van der Waals surface area contributed by atoms with Crippen molar-refractivity contribution in [2.45, 2.75) is 27.2 Å². The van der Waals surface area contributed by atoms with E-state index >= 15 is 0 Å². The maximum absolute atomic E-state index is 11.6. The van der Waals surface area contributed by atoms with Crippen molar-refractivity contribution >= 4 is 5.91 Å². The average molecular weight is 239 g/mol. The molecule has 0 radical (unpaired) electrons. The van der Waals surface area contributed by atoms with E-state index < -0.39 is 0 Å². The van der Waals surface area contributed by atoms with Crippen LogP contribution in [0.5, 0.6) is 5.88 Å². The topological polar surface area (TPSA) is 77.2 Å². The molecule has 0 aliphatic heterocycles. The summed E-state index contributed by atoms with van der Waals surface area (Å²) in [5.41, 5.74) is 0.775. The second-order valence-electron chi connectivity index (χ2n) is 5.04. The van der Waals surface area contributed by atoms with Gasteiger partial charge >= 0.3 is 0 Å². The third-order valence-corrected chi connectivity index (χ3v) is 3.08. The number of carbonyl (C=O) groups is 1. The molecule has 1 aliphatic rings. The lowest BCUT2D eigenvalue weighted by Crippen LogP contribution is -2.30. The number of amides is 1. The van der Waals surface area contributed by atoms with Crippen LogP contribution in [0.2, 0.25) is 0 Å². The van der Waals surface area contributed by atoms with Crippen molar-refractivity contribution in [3.8, 4) is 5.88 Å². The molecule has 17 heavy (non-hydrogen) atoms. The van der Waals surface area contributed by atoms with Crippen LogP contribution in [-0.4, -0.2) is 29.4 Å². The molecule has 6 heteroatoms. The minimum atomic E-state index is 0.105. The molecule has 1 aromatic rings. The van der Waals surface area contributed by atoms with Gasteiger partial charge in [0.2, 0.25) is 5.91 Å². The second-order valence-corrected chi connectivity index (χ2v) is 5.04. The standard InChI is InChI=1S/C11H17N3O3/c1-7-10(14-17-13-7)16-5-4-12-9(15)8-6-11(8,2)3/h8H,4-6H2,1-3H3,(H,12,15)/t8-/m1/s1. The van der Waals surface area contributed by atoms with Crippen molar-refractivity contribution in [2.24, 2.45) is 11.3 Å². The minimum Gasteiger partial charge on any atom is -0.472 e. The number of nitrogens with one attached hydrogen (secondary N) is 1. The van der Waals surface area contributed by atoms with Crippen molar-refractivity contribution < 1.29 is 14.2 Å². The van der Waals surface area contributed by atoms with E-state index in [0.717, 1.165) is 6.42 Å². The van der Waals surface area contributed by atoms with Crippen molar-refractivity contribution in [1.29, 1.82) is 0 Å². The van der Waals surface area contributed by atoms with Gasteiger partial charge in [-0.1, -0.05) is 19.0 Å². The van der Waals surface area contributed by atoms with Gasteiger partial charge in [-0.15, -0.1) is 0 Å². The van der Waals surface area contributed by atoms with Gasteiger partial charge in [-0.2, -0.15) is 0 Å². The Morgan fingerprint density at radius 3 is 2.82 bits per heavy atom. The van der Waals surface area contributed by atoms with Crippen molar-refractivity contribution in [1.82, 2.24) is 15.6 Å². The van der Waals surface area contributed by atoms with Gasteiger partial charge in [0.25, 0.3) is 5.88 Å². The quantitative estimate of drug-likeness (QED) is 0.773. The fraction of sp³-hybridized carbons (Fsp3) is 0.727. The molecule has 0 saturated heterocycles. The summed E-state index contributed by atoms with van der Waals surface area (Å²) in [4.78, 5) is 11.6. The predicted octanol–water partition coefficient (Wildman–Crippen LogP) is 0.919. The smallest absolute Gasteiger partial charge is 0.278 e. The summed E-state index contributed by atoms with van der Waals surface area (Å²) < 4.78 is 9.78. The molecule has 1 atom stereocenters. The molecule has 2 rings (SSSR count). The fourth-order valence-electron chi connectivity index (χ4n) is 1.71. The molecule has 1 amide bonds. The van der Waals surface area contributed by atoms with E-state index in [1.54, 1.807) is 6.92 Å². The molecular weight excluding hydrogens is 222 g/mol. The molecule has 6 nitrogen and oxygen atoms in total. The first-order chi connectivity index (χ1) is 8.00. The van der Waals surface area contributed by atoms with E-state index in [9.17, 15) is 4.79 Å². The summed E-state index contributed by atoms with van der Waals surface area (Å²) in [5, 5.41) is 10.0. The van der Waals surface area contributed by atoms with E-state index in [4.69, 9.17) is 4.74 Å². The summed E-state index contributed by atoms with van der Waals surface area (Å²) in [6.45, 7) is 6.78. The van der Waals surface area contributed by atoms with Gasteiger partial charge in [-0.05, 0) is 23.9 Å². The minimum absolute atomic E-state index is 0.105. The third-order valence-electron chi connectivity index (χ3n) is 3.08. The van der Waals surface area contributed by atoms with E-state index in [-0.39, 0.29) is 17.2 Å². The van der Waals surface area contributed by atoms with Crippen LogP contribution in [0.15, 0.2) is 4.63 Å². The summed E-state index contributed by atoms with van der Waals surface area (Å²) in [7, 11) is 0. The highest BCUT2D eigenvalue weighted by atomic mass is 16.6. The van der Waals surface area contributed by atoms with E-state index in [1.807, 2.05) is 0 Å². The number of hydrogen-bond donors (Lipinski definition) is 1. The molecule has 0 unspecified atom stereocenters. The molecule has 0 aromatic carbocycles. The first-order valence-corrected chi connectivity index (χ1v) is 5.70. The average Bonchev–Trinajstić information content (AvgIpc) is 2.71. The first-order valence-electron chi connectivity index (χ1n) is 5.70. The van der Waals surface area contributed by atoms with Crippen LogP contribution in [0, 0.1) is 18.3 Å². The molecule has 1 saturated carbocycles. The highest BCUT2D eigenvalue weighted by Crippen LogP contribution is 2.51. The Hall–Kier alpha value is -1.59. The number of aromatic nitrogens is 2. The Morgan fingerprint density at radius 2 is 2.29 bits per heavy atom. The second kappa shape index (κ2) is 4.35. The van der Waals surface area contributed by atoms with Gasteiger partial charge in [-0.3, -0.25) is 4.79 Å². The number of aryl methyl sites for hydroxylation is 1. The van der Waals surface area contributed by atoms with Gasteiger partial charge < -0.3 is 10.1 Å². The van der Waals surface area contributed by atoms with Crippen LogP contribution in [0.25, 0.3) is 0 Å². The largest absolute Gasteiger partial charge is 0.472 e. The highest BCUT2D eigenvalue weighted by molar-refractivity contribution is 5.82. The van der Waals surface area contributed by atoms with Crippen molar-refractivity contribution in [3.63, 3.8) is 0 Å². The number of carbonyl (C=O) groups excluding carboxylic acids is 1. The number of rotatable bonds is 5. The molecular formula is C11H17N3O3. The molecule has 1 aromatic heterocycles. The lowest BCUT2D eigenvalue weighted by atomic mass is 10.1. The van der Waals surface area contributed by atoms with Crippen LogP contribution in [0.4, 0.5) is 0 Å². The Balaban J connectivity index is 1.64. The summed E-state index contributed by atoms with van der Waals surface area (Å²) in [6.07, 6.45) is 0.964. The molecule has 1 fully saturated rings. The predicted molar refractivity (Wildman–Crippen MR) is 59.4 cm³/mol. The van der Waals surface area contributed by atoms with Gasteiger partial charge in [-0.25, -0.2) is 4.63 Å². The number of hydrogen-bond acceptors (Lipinski definition) is 5. The van der Waals surface area contributed by atoms with Crippen LogP contribution in [-0.2, 0) is 4.79 Å². The third kappa shape index (κ3) is 2.75. The lowest BCUT2D eigenvalue weighted by molar-refractivity contribution is -0.123. The molecule has 1 N–H and O–H groups in total. The van der Waals surface area contributed by atoms with Gasteiger partial charge in [0.1, 0.15) is 12.3 Å². The van der Waals surface area contributed by atoms with Crippen molar-refractivity contribution in [3.05, 3.63) is 5.69 Å². The Labute approximate surface area is 99.7 Å². The molecule has 94 valence electrons. The lowest BCUT2D eigenvalue weighted by Gasteiger charge is -2.06. The zero-order chi connectivity index (χ0) is 12.5. The molecule has 0 bridgehead atoms. The van der Waals surface area contributed by atoms with Gasteiger partial charge in [0.15, 0.2) is 0 Å². The maximum Gasteiger partial charge on any atom is 0.278 e. The summed E-state index contributed by atoms with van der Waals surface area (Å²) >= 11 is 0. The zero-order valence-corrected chi connectivity index (χ0v) is 10.3. The fourth-order valence-corrected chi connectivity index (χ4v) is 1.71. The number of ether oxygens (including phenoxy) is 1. The van der Waals surface area contributed by atoms with Crippen LogP contribution < -0.4 is 10.1 Å². The molecule has 1 aliphatic carbocycles. The zero-order valence-electron chi connectivity index (χ0n) is 10.3. The van der Waals surface area contributed by atoms with Crippen LogP contribution >= 0.6 is 0 Å². The normalized spacial score (nSPS) is 21.0. The monoisotopic (exact) mass is 239 g/mol. The number of nitrogens with zero attached hydrogens (tertiary/aromatic N) is 2. The highest BCUT2D eigenvalue weighted by Gasteiger charge is 2.50. The van der Waals surface area contributed by atoms with E-state index in [2.05, 4.69) is 34.1 Å².